The predicted molar refractivity (Wildman–Crippen MR) is 597 cm³/mol. The molecule has 11 aromatic rings. The minimum atomic E-state index is -0.868. The van der Waals surface area contributed by atoms with Crippen LogP contribution in [0.3, 0.4) is 0 Å². The fourth-order valence-corrected chi connectivity index (χ4v) is 21.1. The molecule has 0 fully saturated rings. The monoisotopic (exact) mass is 2340 g/mol. The average molecular weight is 2350 g/mol. The zero-order valence-corrected chi connectivity index (χ0v) is 97.5. The number of benzene rings is 2. The number of aliphatic hydroxyl groups excluding tert-OH is 2. The third kappa shape index (κ3) is 38.2. The molecule has 0 saturated carbocycles. The van der Waals surface area contributed by atoms with Crippen LogP contribution in [0.2, 0.25) is 81.1 Å². The number of pyridine rings is 8. The van der Waals surface area contributed by atoms with Gasteiger partial charge in [0.2, 0.25) is 0 Å². The Labute approximate surface area is 947 Å². The van der Waals surface area contributed by atoms with Gasteiger partial charge in [0.15, 0.2) is 35.1 Å². The van der Waals surface area contributed by atoms with Crippen LogP contribution in [-0.2, 0) is 13.0 Å². The van der Waals surface area contributed by atoms with Crippen LogP contribution in [0.15, 0.2) is 122 Å². The Morgan fingerprint density at radius 2 is 0.930 bits per heavy atom. The molecule has 3 aliphatic rings. The molecular formula is C104H117BrCl16MgN14O7. The van der Waals surface area contributed by atoms with E-state index in [2.05, 4.69) is 143 Å². The Kier molecular flexibility index (Phi) is 59.9. The van der Waals surface area contributed by atoms with Crippen LogP contribution in [0.5, 0.6) is 0 Å². The van der Waals surface area contributed by atoms with Crippen molar-refractivity contribution in [3.05, 3.63) is 300 Å². The molecule has 2 atom stereocenters. The first-order valence-corrected chi connectivity index (χ1v) is 51.4. The fourth-order valence-electron chi connectivity index (χ4n) is 15.9. The minimum absolute atomic E-state index is 0. The Morgan fingerprint density at radius 3 is 1.40 bits per heavy atom. The number of rotatable bonds is 25. The molecule has 39 heteroatoms. The van der Waals surface area contributed by atoms with Crippen LogP contribution in [-0.4, -0.2) is 144 Å². The summed E-state index contributed by atoms with van der Waals surface area (Å²) in [6.45, 7) is 48.3. The van der Waals surface area contributed by atoms with Crippen LogP contribution in [0, 0.1) is 67.9 Å². The fraction of sp³-hybridized carbons (Fsp3) is 0.375. The summed E-state index contributed by atoms with van der Waals surface area (Å²) in [5.74, 6) is 0.836. The van der Waals surface area contributed by atoms with E-state index in [0.29, 0.717) is 149 Å². The van der Waals surface area contributed by atoms with E-state index in [9.17, 15) is 29.1 Å². The Bertz CT molecular complexity index is 5980. The second-order valence-corrected chi connectivity index (χ2v) is 39.1. The molecule has 9 aromatic heterocycles. The van der Waals surface area contributed by atoms with Crippen molar-refractivity contribution in [2.75, 3.05) is 28.3 Å². The van der Waals surface area contributed by atoms with E-state index < -0.39 is 6.10 Å². The van der Waals surface area contributed by atoms with E-state index >= 15 is 0 Å². The molecule has 21 nitrogen and oxygen atoms in total. The summed E-state index contributed by atoms with van der Waals surface area (Å²) >= 11 is 94.0. The number of nitrogens with one attached hydrogen (secondary N) is 1. The van der Waals surface area contributed by atoms with Crippen molar-refractivity contribution in [2.24, 2.45) is 11.0 Å². The summed E-state index contributed by atoms with van der Waals surface area (Å²) in [5, 5.41) is 33.9. The van der Waals surface area contributed by atoms with Crippen molar-refractivity contribution in [3.8, 4) is 5.69 Å². The number of hydrogen-bond donors (Lipinski definition) is 3. The van der Waals surface area contributed by atoms with Crippen molar-refractivity contribution >= 4 is 273 Å². The number of fused-ring (bicyclic) bond motifs is 2. The smallest absolute Gasteiger partial charge is 1.00 e. The number of ketones is 4. The SMILES string of the molecule is C=CC(=O)c1c(Cl)cc(C)nc1Cl.C=CC(O)c1c(Cl)cc(C)nc1Cl.C=NNc1ccc(Cl)cc1Cl.CC(=O)c1c(Cl)cc(C)nc1Cl.CCCC(CCC)C1CCC(=O)c2c(Cl)cc(C)nc21.CCCC(CCC)N1CCC(=O)c2c1cc(C)nc2Cl.CCCC(CCC)N1CCc2nn(-c3ccc(Cl)cc3Cl)c3nc(C)cc1c23.Cc1cc(Cl)c(C=O)c(Cl)n1.Cc1cc(Cl)c(CO)c(Cl)n1.[Br-].[CH-]=C.[Mg+2]. The number of Topliss-reactive ketones (excluding diaryl/α,β-unsaturated/α-hetero) is 3. The van der Waals surface area contributed by atoms with Crippen LogP contribution >= 0.6 is 186 Å². The van der Waals surface area contributed by atoms with E-state index in [1.165, 1.54) is 75.4 Å². The number of carbonyl (C=O) groups is 5. The molecule has 1 aliphatic carbocycles. The third-order valence-electron chi connectivity index (χ3n) is 21.9. The second-order valence-electron chi connectivity index (χ2n) is 32.8. The zero-order chi connectivity index (χ0) is 106. The second kappa shape index (κ2) is 65.5. The summed E-state index contributed by atoms with van der Waals surface area (Å²) in [4.78, 5) is 95.2. The number of hydrogen-bond acceptors (Lipinski definition) is 20. The van der Waals surface area contributed by atoms with Crippen molar-refractivity contribution in [2.45, 2.75) is 237 Å². The van der Waals surface area contributed by atoms with Gasteiger partial charge in [-0.3, -0.25) is 41.0 Å². The molecule has 11 heterocycles. The van der Waals surface area contributed by atoms with Crippen molar-refractivity contribution < 1.29 is 51.2 Å². The van der Waals surface area contributed by atoms with Crippen molar-refractivity contribution in [3.63, 3.8) is 0 Å². The molecule has 2 unspecified atom stereocenters. The Hall–Kier alpha value is -6.44. The number of aliphatic hydroxyl groups is 2. The number of aromatic nitrogens is 10. The van der Waals surface area contributed by atoms with Gasteiger partial charge in [0.05, 0.1) is 114 Å². The summed E-state index contributed by atoms with van der Waals surface area (Å²) in [6.07, 6.45) is 19.5. The van der Waals surface area contributed by atoms with Gasteiger partial charge in [0.1, 0.15) is 37.0 Å². The molecule has 143 heavy (non-hydrogen) atoms. The van der Waals surface area contributed by atoms with Gasteiger partial charge in [-0.2, -0.15) is 10.2 Å². The maximum atomic E-state index is 12.2. The minimum Gasteiger partial charge on any atom is -1.00 e. The van der Waals surface area contributed by atoms with Gasteiger partial charge in [-0.1, -0.05) is 291 Å². The van der Waals surface area contributed by atoms with E-state index in [-0.39, 0.29) is 107 Å². The van der Waals surface area contributed by atoms with Crippen molar-refractivity contribution in [1.82, 2.24) is 49.7 Å². The molecular weight excluding hydrogens is 2230 g/mol. The van der Waals surface area contributed by atoms with Gasteiger partial charge in [-0.25, -0.2) is 39.6 Å². The predicted octanol–water partition coefficient (Wildman–Crippen LogP) is 29.9. The normalized spacial score (nSPS) is 12.5. The number of carbonyl (C=O) groups excluding carboxylic acids is 5. The Morgan fingerprint density at radius 1 is 0.497 bits per heavy atom. The number of aryl methyl sites for hydroxylation is 8. The summed E-state index contributed by atoms with van der Waals surface area (Å²) in [7, 11) is 0. The number of hydrazone groups is 1. The molecule has 2 aliphatic heterocycles. The molecule has 3 N–H and O–H groups in total. The summed E-state index contributed by atoms with van der Waals surface area (Å²) in [6, 6.07) is 25.8. The van der Waals surface area contributed by atoms with Crippen LogP contribution in [0.4, 0.5) is 17.1 Å². The van der Waals surface area contributed by atoms with Gasteiger partial charge < -0.3 is 43.6 Å². The number of halogens is 17. The first-order chi connectivity index (χ1) is 66.9. The van der Waals surface area contributed by atoms with Crippen molar-refractivity contribution in [1.29, 1.82) is 0 Å². The van der Waals surface area contributed by atoms with E-state index in [4.69, 9.17) is 201 Å². The molecule has 0 spiro atoms. The molecule has 2 aromatic carbocycles. The van der Waals surface area contributed by atoms with Gasteiger partial charge in [0, 0.05) is 124 Å². The van der Waals surface area contributed by atoms with Crippen LogP contribution < -0.4 is 32.2 Å². The number of aldehydes is 1. The maximum absolute atomic E-state index is 12.2. The zero-order valence-electron chi connectivity index (χ0n) is 82.4. The number of anilines is 3. The van der Waals surface area contributed by atoms with Crippen LogP contribution in [0.1, 0.15) is 277 Å². The number of allylic oxidation sites excluding steroid dienone is 1. The molecule has 0 radical (unpaired) electrons. The van der Waals surface area contributed by atoms with E-state index in [1.54, 1.807) is 89.2 Å². The summed E-state index contributed by atoms with van der Waals surface area (Å²) < 4.78 is 1.89. The molecule has 0 bridgehead atoms. The van der Waals surface area contributed by atoms with Gasteiger partial charge in [-0.05, 0) is 191 Å². The van der Waals surface area contributed by atoms with Crippen LogP contribution in [0.25, 0.3) is 16.7 Å². The van der Waals surface area contributed by atoms with E-state index in [1.807, 2.05) is 42.8 Å². The molecule has 14 rings (SSSR count). The maximum Gasteiger partial charge on any atom is 2.00 e. The van der Waals surface area contributed by atoms with Gasteiger partial charge in [-0.15, -0.1) is 6.58 Å². The topological polar surface area (TPSA) is 278 Å². The molecule has 0 amide bonds. The third-order valence-corrected chi connectivity index (χ3v) is 26.6. The van der Waals surface area contributed by atoms with Gasteiger partial charge >= 0.3 is 23.1 Å². The first kappa shape index (κ1) is 131. The first-order valence-electron chi connectivity index (χ1n) is 45.4. The quantitative estimate of drug-likeness (QED) is 0.00552. The average Bonchev–Trinajstić information content (AvgIpc) is 1.60. The standard InChI is InChI=1S/C22H26Cl2N4.C17H24ClNO.C16H23ClN2O.C9H9Cl2NO.C9H7Cl2NO.C8H7Cl2NO.C7H6Cl2N2.C7H7Cl2NO.C7H5Cl2NO.C2H3.BrH.Mg/c1-4-6-16(7-5-2)27-11-10-18-21-20(27)12-14(3)25-22(21)28(26-18)19-9-8-15(23)13-17(19)24;1-4-6-12(7-5-2)13-8-9-15(20)16-14(18)10-11(3)19-17(13)16;1-4-6-12(7-5-2)19-9-8-14(20)15-13(19)10-11(3)18-16(15)17;2*1-3-7(13)8-6(10)4-5(2)12-9(8)11;1-4-3-6(9)7(5(2)12)8(10)11-4;1-10-11-7-3-2-5(8)4-6(7)9;2*1-4-2-6(8)5(3-11)7(9)10-4;1-2;;/h8-9,12-13,16H,4-7,10-11H2,1-3H3;10,12-13H,4-9H2,1-3H3;10,12H,4-9H2,1-3H3;3-4,7,13H,1H2,2H3;3-4H,1H2,2H3;3H,1-2H3;2-4,11H,1H2;2,11H,3H2,1H3;2-3H,1H3;1H,2H2;1H;/q;;;;;;;;;-1;;+2/p-1. The Balaban J connectivity index is 0.000000420. The molecule has 766 valence electrons. The molecule has 0 saturated heterocycles. The van der Waals surface area contributed by atoms with Gasteiger partial charge in [0.25, 0.3) is 0 Å². The summed E-state index contributed by atoms with van der Waals surface area (Å²) in [5.41, 5.74) is 18.7. The number of nitrogens with zero attached hydrogens (tertiary/aromatic N) is 13. The van der Waals surface area contributed by atoms with E-state index in [0.717, 1.165) is 115 Å². The largest absolute Gasteiger partial charge is 2.00 e.